The fraction of sp³-hybridized carbons (Fsp3) is 1.00. The van der Waals surface area contributed by atoms with Crippen LogP contribution in [0, 0.1) is 0 Å². The van der Waals surface area contributed by atoms with Gasteiger partial charge in [0, 0.05) is 12.1 Å². The van der Waals surface area contributed by atoms with Crippen LogP contribution in [0.1, 0.15) is 33.6 Å². The number of nitrogens with zero attached hydrogens (tertiary/aromatic N) is 1. The van der Waals surface area contributed by atoms with Gasteiger partial charge >= 0.3 is 0 Å². The van der Waals surface area contributed by atoms with Gasteiger partial charge in [-0.25, -0.2) is 0 Å². The summed E-state index contributed by atoms with van der Waals surface area (Å²) in [5.41, 5.74) is 5.64. The molecule has 0 spiro atoms. The van der Waals surface area contributed by atoms with E-state index in [2.05, 4.69) is 32.7 Å². The maximum absolute atomic E-state index is 5.64. The third-order valence-electron chi connectivity index (χ3n) is 2.05. The summed E-state index contributed by atoms with van der Waals surface area (Å²) >= 11 is 0. The molecule has 2 heteroatoms. The Balaban J connectivity index is 3.24. The second-order valence-electron chi connectivity index (χ2n) is 3.69. The van der Waals surface area contributed by atoms with Crippen molar-refractivity contribution in [2.24, 2.45) is 5.73 Å². The molecule has 0 amide bonds. The summed E-state index contributed by atoms with van der Waals surface area (Å²) in [4.78, 5) is 2.35. The van der Waals surface area contributed by atoms with Crippen LogP contribution in [-0.2, 0) is 0 Å². The maximum Gasteiger partial charge on any atom is 0.00355 e. The van der Waals surface area contributed by atoms with E-state index in [1.165, 1.54) is 13.0 Å². The molecule has 0 aliphatic heterocycles. The highest BCUT2D eigenvalue weighted by molar-refractivity contribution is 4.59. The number of nitrogens with two attached hydrogens (primary N) is 1. The van der Waals surface area contributed by atoms with E-state index in [4.69, 9.17) is 5.73 Å². The van der Waals surface area contributed by atoms with Crippen LogP contribution < -0.4 is 5.73 Å². The second kappa shape index (κ2) is 5.56. The Morgan fingerprint density at radius 2 is 1.82 bits per heavy atom. The zero-order valence-electron chi connectivity index (χ0n) is 8.30. The molecule has 0 aliphatic carbocycles. The van der Waals surface area contributed by atoms with Crippen LogP contribution in [0.15, 0.2) is 0 Å². The Kier molecular flexibility index (Phi) is 5.51. The van der Waals surface area contributed by atoms with Crippen molar-refractivity contribution >= 4 is 0 Å². The fourth-order valence-corrected chi connectivity index (χ4v) is 0.921. The fourth-order valence-electron chi connectivity index (χ4n) is 0.921. The van der Waals surface area contributed by atoms with Crippen LogP contribution in [0.25, 0.3) is 0 Å². The predicted octanol–water partition coefficient (Wildman–Crippen LogP) is 1.45. The molecule has 0 fully saturated rings. The van der Waals surface area contributed by atoms with Gasteiger partial charge < -0.3 is 10.6 Å². The van der Waals surface area contributed by atoms with E-state index in [-0.39, 0.29) is 0 Å². The Bertz CT molecular complexity index is 89.6. The lowest BCUT2D eigenvalue weighted by Crippen LogP contribution is -2.28. The van der Waals surface area contributed by atoms with Gasteiger partial charge in [0.05, 0.1) is 0 Å². The summed E-state index contributed by atoms with van der Waals surface area (Å²) in [5, 5.41) is 0. The summed E-state index contributed by atoms with van der Waals surface area (Å²) in [6.07, 6.45) is 2.35. The highest BCUT2D eigenvalue weighted by Crippen LogP contribution is 1.99. The summed E-state index contributed by atoms with van der Waals surface area (Å²) < 4.78 is 0. The van der Waals surface area contributed by atoms with Gasteiger partial charge in [-0.15, -0.1) is 0 Å². The van der Waals surface area contributed by atoms with Crippen LogP contribution in [-0.4, -0.2) is 30.6 Å². The molecule has 1 atom stereocenters. The van der Waals surface area contributed by atoms with Gasteiger partial charge in [0.25, 0.3) is 0 Å². The van der Waals surface area contributed by atoms with Crippen LogP contribution >= 0.6 is 0 Å². The molecule has 0 aliphatic rings. The molecular formula is C9H22N2. The van der Waals surface area contributed by atoms with Crippen molar-refractivity contribution in [3.63, 3.8) is 0 Å². The Morgan fingerprint density at radius 1 is 1.27 bits per heavy atom. The van der Waals surface area contributed by atoms with E-state index >= 15 is 0 Å². The van der Waals surface area contributed by atoms with Gasteiger partial charge in [-0.3, -0.25) is 0 Å². The number of rotatable bonds is 5. The maximum atomic E-state index is 5.64. The molecule has 0 saturated carbocycles. The average molecular weight is 158 g/mol. The van der Waals surface area contributed by atoms with Gasteiger partial charge in [0.1, 0.15) is 0 Å². The van der Waals surface area contributed by atoms with Crippen molar-refractivity contribution in [3.05, 3.63) is 0 Å². The summed E-state index contributed by atoms with van der Waals surface area (Å²) in [6, 6.07) is 1.01. The van der Waals surface area contributed by atoms with Crippen molar-refractivity contribution in [2.45, 2.75) is 45.7 Å². The minimum absolute atomic E-state index is 0.357. The smallest absolute Gasteiger partial charge is 0.00355 e. The van der Waals surface area contributed by atoms with Gasteiger partial charge in [-0.2, -0.15) is 0 Å². The molecule has 0 aromatic heterocycles. The normalized spacial score (nSPS) is 14.5. The Labute approximate surface area is 70.8 Å². The van der Waals surface area contributed by atoms with Crippen LogP contribution in [0.2, 0.25) is 0 Å². The summed E-state index contributed by atoms with van der Waals surface area (Å²) in [5.74, 6) is 0. The van der Waals surface area contributed by atoms with Crippen LogP contribution in [0.4, 0.5) is 0 Å². The van der Waals surface area contributed by atoms with Gasteiger partial charge in [-0.1, -0.05) is 0 Å². The first-order valence-corrected chi connectivity index (χ1v) is 4.50. The lowest BCUT2D eigenvalue weighted by Gasteiger charge is -2.20. The summed E-state index contributed by atoms with van der Waals surface area (Å²) in [7, 11) is 2.16. The second-order valence-corrected chi connectivity index (χ2v) is 3.69. The van der Waals surface area contributed by atoms with Crippen LogP contribution in [0.5, 0.6) is 0 Å². The Hall–Kier alpha value is -0.0800. The molecule has 2 N–H and O–H groups in total. The summed E-state index contributed by atoms with van der Waals surface area (Å²) in [6.45, 7) is 7.66. The van der Waals surface area contributed by atoms with E-state index in [0.29, 0.717) is 12.1 Å². The molecule has 1 unspecified atom stereocenters. The van der Waals surface area contributed by atoms with Crippen LogP contribution in [0.3, 0.4) is 0 Å². The standard InChI is InChI=1S/C9H22N2/c1-8(2)11(4)7-5-6-9(3)10/h8-9H,5-7,10H2,1-4H3. The molecule has 2 nitrogen and oxygen atoms in total. The average Bonchev–Trinajstić information content (AvgIpc) is 1.86. The van der Waals surface area contributed by atoms with Gasteiger partial charge in [0.2, 0.25) is 0 Å². The monoisotopic (exact) mass is 158 g/mol. The lowest BCUT2D eigenvalue weighted by molar-refractivity contribution is 0.266. The van der Waals surface area contributed by atoms with Crippen molar-refractivity contribution in [2.75, 3.05) is 13.6 Å². The first-order chi connectivity index (χ1) is 5.04. The molecule has 0 aromatic carbocycles. The molecule has 0 aromatic rings. The largest absolute Gasteiger partial charge is 0.328 e. The third-order valence-corrected chi connectivity index (χ3v) is 2.05. The molecular weight excluding hydrogens is 136 g/mol. The Morgan fingerprint density at radius 3 is 2.18 bits per heavy atom. The van der Waals surface area contributed by atoms with Crippen molar-refractivity contribution in [1.82, 2.24) is 4.90 Å². The zero-order valence-corrected chi connectivity index (χ0v) is 8.30. The SMILES string of the molecule is CC(N)CCCN(C)C(C)C. The molecule has 0 heterocycles. The highest BCUT2D eigenvalue weighted by atomic mass is 15.1. The van der Waals surface area contributed by atoms with E-state index in [9.17, 15) is 0 Å². The molecule has 0 rings (SSSR count). The van der Waals surface area contributed by atoms with E-state index in [1.807, 2.05) is 0 Å². The third kappa shape index (κ3) is 6.32. The van der Waals surface area contributed by atoms with Gasteiger partial charge in [0.15, 0.2) is 0 Å². The number of hydrogen-bond acceptors (Lipinski definition) is 2. The number of hydrogen-bond donors (Lipinski definition) is 1. The highest BCUT2D eigenvalue weighted by Gasteiger charge is 2.02. The zero-order chi connectivity index (χ0) is 8.85. The lowest BCUT2D eigenvalue weighted by atomic mass is 10.2. The molecule has 0 bridgehead atoms. The molecule has 68 valence electrons. The molecule has 0 saturated heterocycles. The van der Waals surface area contributed by atoms with E-state index in [0.717, 1.165) is 6.42 Å². The molecule has 0 radical (unpaired) electrons. The first-order valence-electron chi connectivity index (χ1n) is 4.50. The van der Waals surface area contributed by atoms with Crippen molar-refractivity contribution < 1.29 is 0 Å². The van der Waals surface area contributed by atoms with Gasteiger partial charge in [-0.05, 0) is 47.2 Å². The van der Waals surface area contributed by atoms with Crippen molar-refractivity contribution in [1.29, 1.82) is 0 Å². The quantitative estimate of drug-likeness (QED) is 0.656. The van der Waals surface area contributed by atoms with Crippen molar-refractivity contribution in [3.8, 4) is 0 Å². The van der Waals surface area contributed by atoms with E-state index < -0.39 is 0 Å². The topological polar surface area (TPSA) is 29.3 Å². The minimum atomic E-state index is 0.357. The first kappa shape index (κ1) is 10.9. The predicted molar refractivity (Wildman–Crippen MR) is 50.6 cm³/mol. The van der Waals surface area contributed by atoms with E-state index in [1.54, 1.807) is 0 Å². The molecule has 11 heavy (non-hydrogen) atoms. The minimum Gasteiger partial charge on any atom is -0.328 e.